The molecule has 128 valence electrons. The second-order valence-electron chi connectivity index (χ2n) is 5.91. The molecule has 1 amide bonds. The van der Waals surface area contributed by atoms with Crippen LogP contribution in [0.4, 0.5) is 5.69 Å². The third kappa shape index (κ3) is 3.13. The van der Waals surface area contributed by atoms with Crippen LogP contribution in [0.2, 0.25) is 0 Å². The summed E-state index contributed by atoms with van der Waals surface area (Å²) in [6.45, 7) is 4.36. The van der Waals surface area contributed by atoms with E-state index in [0.717, 1.165) is 16.6 Å². The molecule has 0 aliphatic rings. The van der Waals surface area contributed by atoms with E-state index < -0.39 is 5.97 Å². The summed E-state index contributed by atoms with van der Waals surface area (Å²) in [6, 6.07) is 14.9. The number of rotatable bonds is 5. The lowest BCUT2D eigenvalue weighted by Gasteiger charge is -2.23. The Morgan fingerprint density at radius 2 is 1.76 bits per heavy atom. The zero-order chi connectivity index (χ0) is 18.0. The molecule has 0 saturated carbocycles. The van der Waals surface area contributed by atoms with Gasteiger partial charge in [-0.15, -0.1) is 0 Å². The fourth-order valence-corrected chi connectivity index (χ4v) is 3.15. The average Bonchev–Trinajstić information content (AvgIpc) is 2.96. The van der Waals surface area contributed by atoms with Crippen LogP contribution in [0, 0.1) is 6.92 Å². The largest absolute Gasteiger partial charge is 0.543 e. The number of benzene rings is 2. The monoisotopic (exact) mass is 335 g/mol. The SMILES string of the molecule is CCN(C(=O)Cc1c(C(=O)[O-])[nH]c2ccccc12)c1ccccc1C. The van der Waals surface area contributed by atoms with Gasteiger partial charge in [-0.05, 0) is 37.1 Å². The highest BCUT2D eigenvalue weighted by Crippen LogP contribution is 2.25. The normalized spacial score (nSPS) is 10.8. The van der Waals surface area contributed by atoms with Gasteiger partial charge < -0.3 is 19.8 Å². The summed E-state index contributed by atoms with van der Waals surface area (Å²) in [7, 11) is 0. The Morgan fingerprint density at radius 1 is 1.08 bits per heavy atom. The summed E-state index contributed by atoms with van der Waals surface area (Å²) in [6.07, 6.45) is -0.00446. The first-order chi connectivity index (χ1) is 12.0. The number of amides is 1. The third-order valence-electron chi connectivity index (χ3n) is 4.37. The maximum atomic E-state index is 12.9. The van der Waals surface area contributed by atoms with E-state index in [9.17, 15) is 14.7 Å². The van der Waals surface area contributed by atoms with Crippen LogP contribution < -0.4 is 10.0 Å². The summed E-state index contributed by atoms with van der Waals surface area (Å²) < 4.78 is 0. The van der Waals surface area contributed by atoms with Gasteiger partial charge in [-0.25, -0.2) is 0 Å². The van der Waals surface area contributed by atoms with Gasteiger partial charge in [0.25, 0.3) is 0 Å². The minimum Gasteiger partial charge on any atom is -0.543 e. The van der Waals surface area contributed by atoms with Crippen LogP contribution in [-0.4, -0.2) is 23.4 Å². The number of carboxylic acid groups (broad SMARTS) is 1. The fourth-order valence-electron chi connectivity index (χ4n) is 3.15. The zero-order valence-electron chi connectivity index (χ0n) is 14.2. The van der Waals surface area contributed by atoms with Crippen molar-refractivity contribution in [3.63, 3.8) is 0 Å². The standard InChI is InChI=1S/C20H20N2O3/c1-3-22(17-11-7-4-8-13(17)2)18(23)12-15-14-9-5-6-10-16(14)21-19(15)20(24)25/h4-11,21H,3,12H2,1-2H3,(H,24,25)/p-1. The predicted octanol–water partition coefficient (Wildman–Crippen LogP) is 2.44. The number of H-pyrrole nitrogens is 1. The Balaban J connectivity index is 2.00. The maximum Gasteiger partial charge on any atom is 0.231 e. The number of likely N-dealkylation sites (N-methyl/N-ethyl adjacent to an activating group) is 1. The molecule has 0 fully saturated rings. The average molecular weight is 335 g/mol. The zero-order valence-corrected chi connectivity index (χ0v) is 14.2. The molecule has 0 radical (unpaired) electrons. The number of hydrogen-bond acceptors (Lipinski definition) is 3. The van der Waals surface area contributed by atoms with Crippen molar-refractivity contribution in [2.75, 3.05) is 11.4 Å². The first kappa shape index (κ1) is 16.8. The molecule has 2 aromatic carbocycles. The molecule has 0 aliphatic carbocycles. The molecule has 3 aromatic rings. The molecule has 0 bridgehead atoms. The summed E-state index contributed by atoms with van der Waals surface area (Å²) >= 11 is 0. The van der Waals surface area contributed by atoms with Crippen LogP contribution in [0.1, 0.15) is 28.5 Å². The number of aromatic carboxylic acids is 1. The second kappa shape index (κ2) is 6.81. The second-order valence-corrected chi connectivity index (χ2v) is 5.91. The van der Waals surface area contributed by atoms with Gasteiger partial charge in [0.2, 0.25) is 5.91 Å². The van der Waals surface area contributed by atoms with Crippen LogP contribution in [0.15, 0.2) is 48.5 Å². The predicted molar refractivity (Wildman–Crippen MR) is 95.5 cm³/mol. The van der Waals surface area contributed by atoms with Crippen molar-refractivity contribution < 1.29 is 14.7 Å². The minimum absolute atomic E-state index is 0.00446. The Labute approximate surface area is 145 Å². The maximum absolute atomic E-state index is 12.9. The lowest BCUT2D eigenvalue weighted by molar-refractivity contribution is -0.255. The van der Waals surface area contributed by atoms with Gasteiger partial charge in [0.1, 0.15) is 0 Å². The lowest BCUT2D eigenvalue weighted by Crippen LogP contribution is -2.33. The van der Waals surface area contributed by atoms with Gasteiger partial charge in [-0.2, -0.15) is 0 Å². The number of carboxylic acids is 1. The van der Waals surface area contributed by atoms with Crippen molar-refractivity contribution in [3.8, 4) is 0 Å². The minimum atomic E-state index is -1.31. The summed E-state index contributed by atoms with van der Waals surface area (Å²) in [4.78, 5) is 28.9. The number of nitrogens with zero attached hydrogens (tertiary/aromatic N) is 1. The molecule has 0 aliphatic heterocycles. The van der Waals surface area contributed by atoms with E-state index in [4.69, 9.17) is 0 Å². The molecule has 3 rings (SSSR count). The van der Waals surface area contributed by atoms with Gasteiger partial charge >= 0.3 is 0 Å². The van der Waals surface area contributed by atoms with Crippen molar-refractivity contribution in [3.05, 3.63) is 65.4 Å². The molecule has 1 N–H and O–H groups in total. The van der Waals surface area contributed by atoms with E-state index in [1.165, 1.54) is 0 Å². The topological polar surface area (TPSA) is 76.2 Å². The Bertz CT molecular complexity index is 943. The number of hydrogen-bond donors (Lipinski definition) is 1. The van der Waals surface area contributed by atoms with Crippen LogP contribution in [0.5, 0.6) is 0 Å². The van der Waals surface area contributed by atoms with E-state index in [0.29, 0.717) is 17.6 Å². The molecular weight excluding hydrogens is 316 g/mol. The van der Waals surface area contributed by atoms with Gasteiger partial charge in [-0.3, -0.25) is 4.79 Å². The summed E-state index contributed by atoms with van der Waals surface area (Å²) in [5.41, 5.74) is 2.95. The van der Waals surface area contributed by atoms with E-state index in [2.05, 4.69) is 4.98 Å². The molecular formula is C20H19N2O3-. The molecule has 1 aromatic heterocycles. The summed E-state index contributed by atoms with van der Waals surface area (Å²) in [5, 5.41) is 12.2. The smallest absolute Gasteiger partial charge is 0.231 e. The molecule has 0 atom stereocenters. The lowest BCUT2D eigenvalue weighted by atomic mass is 10.1. The highest BCUT2D eigenvalue weighted by Gasteiger charge is 2.20. The number of anilines is 1. The number of para-hydroxylation sites is 2. The summed E-state index contributed by atoms with van der Waals surface area (Å²) in [5.74, 6) is -1.46. The van der Waals surface area contributed by atoms with E-state index in [-0.39, 0.29) is 18.0 Å². The third-order valence-corrected chi connectivity index (χ3v) is 4.37. The molecule has 0 spiro atoms. The molecule has 5 heteroatoms. The Hall–Kier alpha value is -3.08. The number of carbonyl (C=O) groups excluding carboxylic acids is 2. The molecule has 0 saturated heterocycles. The van der Waals surface area contributed by atoms with Gasteiger partial charge in [0.15, 0.2) is 0 Å². The van der Waals surface area contributed by atoms with Gasteiger partial charge in [-0.1, -0.05) is 36.4 Å². The van der Waals surface area contributed by atoms with E-state index in [1.807, 2.05) is 56.3 Å². The molecule has 0 unspecified atom stereocenters. The number of nitrogens with one attached hydrogen (secondary N) is 1. The number of aromatic nitrogens is 1. The highest BCUT2D eigenvalue weighted by molar-refractivity contribution is 6.02. The number of carbonyl (C=O) groups is 2. The van der Waals surface area contributed by atoms with Crippen molar-refractivity contribution in [2.24, 2.45) is 0 Å². The van der Waals surface area contributed by atoms with Crippen LogP contribution >= 0.6 is 0 Å². The van der Waals surface area contributed by atoms with Crippen LogP contribution in [-0.2, 0) is 11.2 Å². The van der Waals surface area contributed by atoms with Crippen LogP contribution in [0.25, 0.3) is 10.9 Å². The molecule has 1 heterocycles. The Morgan fingerprint density at radius 3 is 2.44 bits per heavy atom. The quantitative estimate of drug-likeness (QED) is 0.778. The van der Waals surface area contributed by atoms with Crippen molar-refractivity contribution in [1.29, 1.82) is 0 Å². The first-order valence-corrected chi connectivity index (χ1v) is 8.19. The fraction of sp³-hybridized carbons (Fsp3) is 0.200. The molecule has 5 nitrogen and oxygen atoms in total. The number of aryl methyl sites for hydroxylation is 1. The van der Waals surface area contributed by atoms with Crippen molar-refractivity contribution in [1.82, 2.24) is 4.98 Å². The van der Waals surface area contributed by atoms with E-state index in [1.54, 1.807) is 11.0 Å². The van der Waals surface area contributed by atoms with Crippen molar-refractivity contribution in [2.45, 2.75) is 20.3 Å². The Kier molecular flexibility index (Phi) is 4.57. The van der Waals surface area contributed by atoms with Crippen LogP contribution in [0.3, 0.4) is 0 Å². The number of fused-ring (bicyclic) bond motifs is 1. The number of aromatic amines is 1. The van der Waals surface area contributed by atoms with E-state index >= 15 is 0 Å². The highest BCUT2D eigenvalue weighted by atomic mass is 16.4. The van der Waals surface area contributed by atoms with Crippen molar-refractivity contribution >= 4 is 28.5 Å². The van der Waals surface area contributed by atoms with Gasteiger partial charge in [0, 0.05) is 23.1 Å². The first-order valence-electron chi connectivity index (χ1n) is 8.19. The molecule has 25 heavy (non-hydrogen) atoms. The van der Waals surface area contributed by atoms with Gasteiger partial charge in [0.05, 0.1) is 18.1 Å².